The standard InChI is InChI=1S/C18H21F3N4O2/c1-22-17(25-11-13-5-3-4-6-15(13)26-2)23-9-10-27-16-8-7-14(12-24-16)18(19,20)21/h3-8,12H,9-11H2,1-2H3,(H2,22,23,25). The van der Waals surface area contributed by atoms with Crippen molar-refractivity contribution < 1.29 is 22.6 Å². The fourth-order valence-corrected chi connectivity index (χ4v) is 2.21. The largest absolute Gasteiger partial charge is 0.496 e. The molecular weight excluding hydrogens is 361 g/mol. The lowest BCUT2D eigenvalue weighted by Crippen LogP contribution is -2.39. The maximum Gasteiger partial charge on any atom is 0.417 e. The Morgan fingerprint density at radius 3 is 2.56 bits per heavy atom. The van der Waals surface area contributed by atoms with E-state index in [9.17, 15) is 13.2 Å². The van der Waals surface area contributed by atoms with E-state index < -0.39 is 11.7 Å². The summed E-state index contributed by atoms with van der Waals surface area (Å²) in [5.74, 6) is 1.46. The number of para-hydroxylation sites is 1. The van der Waals surface area contributed by atoms with E-state index in [2.05, 4.69) is 20.6 Å². The van der Waals surface area contributed by atoms with Crippen molar-refractivity contribution in [1.29, 1.82) is 0 Å². The van der Waals surface area contributed by atoms with Crippen molar-refractivity contribution in [3.63, 3.8) is 0 Å². The molecule has 0 spiro atoms. The van der Waals surface area contributed by atoms with Gasteiger partial charge in [0.05, 0.1) is 19.2 Å². The van der Waals surface area contributed by atoms with E-state index in [0.29, 0.717) is 19.0 Å². The summed E-state index contributed by atoms with van der Waals surface area (Å²) in [6.07, 6.45) is -3.66. The van der Waals surface area contributed by atoms with Gasteiger partial charge in [-0.25, -0.2) is 4.98 Å². The molecule has 0 amide bonds. The minimum absolute atomic E-state index is 0.127. The lowest BCUT2D eigenvalue weighted by Gasteiger charge is -2.14. The third-order valence-corrected chi connectivity index (χ3v) is 3.57. The predicted octanol–water partition coefficient (Wildman–Crippen LogP) is 2.85. The average molecular weight is 382 g/mol. The first-order chi connectivity index (χ1) is 12.9. The molecule has 1 heterocycles. The topological polar surface area (TPSA) is 67.8 Å². The summed E-state index contributed by atoms with van der Waals surface area (Å²) in [6, 6.07) is 9.75. The molecule has 1 aromatic heterocycles. The summed E-state index contributed by atoms with van der Waals surface area (Å²) in [4.78, 5) is 7.75. The number of hydrogen-bond donors (Lipinski definition) is 2. The highest BCUT2D eigenvalue weighted by Crippen LogP contribution is 2.29. The molecule has 2 N–H and O–H groups in total. The lowest BCUT2D eigenvalue weighted by atomic mass is 10.2. The highest BCUT2D eigenvalue weighted by molar-refractivity contribution is 5.79. The maximum absolute atomic E-state index is 12.5. The van der Waals surface area contributed by atoms with E-state index in [4.69, 9.17) is 9.47 Å². The number of rotatable bonds is 7. The van der Waals surface area contributed by atoms with Gasteiger partial charge in [0.2, 0.25) is 5.88 Å². The van der Waals surface area contributed by atoms with Gasteiger partial charge in [0, 0.05) is 31.4 Å². The molecule has 2 rings (SSSR count). The zero-order valence-corrected chi connectivity index (χ0v) is 15.0. The number of aliphatic imine (C=N–C) groups is 1. The average Bonchev–Trinajstić information content (AvgIpc) is 2.67. The van der Waals surface area contributed by atoms with Crippen molar-refractivity contribution in [1.82, 2.24) is 15.6 Å². The zero-order chi connectivity index (χ0) is 19.7. The molecule has 0 bridgehead atoms. The van der Waals surface area contributed by atoms with Crippen molar-refractivity contribution in [3.05, 3.63) is 53.7 Å². The van der Waals surface area contributed by atoms with E-state index >= 15 is 0 Å². The highest BCUT2D eigenvalue weighted by atomic mass is 19.4. The molecule has 0 radical (unpaired) electrons. The summed E-state index contributed by atoms with van der Waals surface area (Å²) in [5, 5.41) is 6.19. The molecule has 0 saturated carbocycles. The number of ether oxygens (including phenoxy) is 2. The quantitative estimate of drug-likeness (QED) is 0.438. The second kappa shape index (κ2) is 9.65. The predicted molar refractivity (Wildman–Crippen MR) is 95.9 cm³/mol. The third kappa shape index (κ3) is 6.36. The van der Waals surface area contributed by atoms with Crippen LogP contribution in [0, 0.1) is 0 Å². The summed E-state index contributed by atoms with van der Waals surface area (Å²) in [6.45, 7) is 1.13. The molecule has 9 heteroatoms. The number of methoxy groups -OCH3 is 1. The zero-order valence-electron chi connectivity index (χ0n) is 15.0. The number of nitrogens with zero attached hydrogens (tertiary/aromatic N) is 2. The van der Waals surface area contributed by atoms with Crippen molar-refractivity contribution in [3.8, 4) is 11.6 Å². The normalized spacial score (nSPS) is 11.8. The van der Waals surface area contributed by atoms with Crippen molar-refractivity contribution >= 4 is 5.96 Å². The molecule has 27 heavy (non-hydrogen) atoms. The van der Waals surface area contributed by atoms with Crippen molar-refractivity contribution in [2.75, 3.05) is 27.3 Å². The van der Waals surface area contributed by atoms with Crippen molar-refractivity contribution in [2.45, 2.75) is 12.7 Å². The van der Waals surface area contributed by atoms with Crippen LogP contribution >= 0.6 is 0 Å². The van der Waals surface area contributed by atoms with E-state index in [1.165, 1.54) is 6.07 Å². The van der Waals surface area contributed by atoms with Crippen molar-refractivity contribution in [2.24, 2.45) is 4.99 Å². The first-order valence-electron chi connectivity index (χ1n) is 8.16. The van der Waals surface area contributed by atoms with E-state index in [1.807, 2.05) is 24.3 Å². The summed E-state index contributed by atoms with van der Waals surface area (Å²) >= 11 is 0. The molecule has 0 aliphatic heterocycles. The molecule has 0 fully saturated rings. The van der Waals surface area contributed by atoms with Crippen LogP contribution in [0.15, 0.2) is 47.6 Å². The van der Waals surface area contributed by atoms with E-state index in [-0.39, 0.29) is 12.5 Å². The van der Waals surface area contributed by atoms with Crippen LogP contribution in [0.4, 0.5) is 13.2 Å². The van der Waals surface area contributed by atoms with Crippen LogP contribution in [0.5, 0.6) is 11.6 Å². The molecule has 1 aromatic carbocycles. The van der Waals surface area contributed by atoms with Gasteiger partial charge in [-0.2, -0.15) is 13.2 Å². The molecule has 2 aromatic rings. The number of nitrogens with one attached hydrogen (secondary N) is 2. The van der Waals surface area contributed by atoms with Gasteiger partial charge in [-0.05, 0) is 12.1 Å². The van der Waals surface area contributed by atoms with Crippen LogP contribution in [0.2, 0.25) is 0 Å². The van der Waals surface area contributed by atoms with Gasteiger partial charge in [0.25, 0.3) is 0 Å². The van der Waals surface area contributed by atoms with Crippen LogP contribution in [-0.2, 0) is 12.7 Å². The van der Waals surface area contributed by atoms with Crippen LogP contribution in [0.3, 0.4) is 0 Å². The van der Waals surface area contributed by atoms with Gasteiger partial charge < -0.3 is 20.1 Å². The Kier molecular flexibility index (Phi) is 7.27. The summed E-state index contributed by atoms with van der Waals surface area (Å²) in [7, 11) is 3.24. The Morgan fingerprint density at radius 1 is 1.15 bits per heavy atom. The van der Waals surface area contributed by atoms with E-state index in [1.54, 1.807) is 14.2 Å². The van der Waals surface area contributed by atoms with Gasteiger partial charge in [-0.1, -0.05) is 18.2 Å². The third-order valence-electron chi connectivity index (χ3n) is 3.57. The first-order valence-corrected chi connectivity index (χ1v) is 8.16. The molecule has 6 nitrogen and oxygen atoms in total. The van der Waals surface area contributed by atoms with Gasteiger partial charge in [-0.15, -0.1) is 0 Å². The minimum Gasteiger partial charge on any atom is -0.496 e. The number of benzene rings is 1. The van der Waals surface area contributed by atoms with Gasteiger partial charge >= 0.3 is 6.18 Å². The maximum atomic E-state index is 12.5. The number of hydrogen-bond acceptors (Lipinski definition) is 4. The second-order valence-corrected chi connectivity index (χ2v) is 5.40. The Morgan fingerprint density at radius 2 is 1.93 bits per heavy atom. The number of guanidine groups is 1. The molecule has 0 atom stereocenters. The summed E-state index contributed by atoms with van der Waals surface area (Å²) in [5.41, 5.74) is 0.169. The molecule has 146 valence electrons. The summed E-state index contributed by atoms with van der Waals surface area (Å²) < 4.78 is 48.0. The Balaban J connectivity index is 1.75. The van der Waals surface area contributed by atoms with Crippen LogP contribution in [0.25, 0.3) is 0 Å². The SMILES string of the molecule is CN=C(NCCOc1ccc(C(F)(F)F)cn1)NCc1ccccc1OC. The number of pyridine rings is 1. The smallest absolute Gasteiger partial charge is 0.417 e. The molecular formula is C18H21F3N4O2. The number of halogens is 3. The highest BCUT2D eigenvalue weighted by Gasteiger charge is 2.30. The second-order valence-electron chi connectivity index (χ2n) is 5.40. The fourth-order valence-electron chi connectivity index (χ4n) is 2.21. The molecule has 0 aliphatic carbocycles. The van der Waals surface area contributed by atoms with Gasteiger partial charge in [-0.3, -0.25) is 4.99 Å². The van der Waals surface area contributed by atoms with Gasteiger partial charge in [0.15, 0.2) is 5.96 Å². The van der Waals surface area contributed by atoms with Crippen LogP contribution < -0.4 is 20.1 Å². The number of aromatic nitrogens is 1. The Labute approximate surface area is 155 Å². The Hall–Kier alpha value is -2.97. The fraction of sp³-hybridized carbons (Fsp3) is 0.333. The first kappa shape index (κ1) is 20.3. The van der Waals surface area contributed by atoms with Crippen LogP contribution in [0.1, 0.15) is 11.1 Å². The Bertz CT molecular complexity index is 749. The van der Waals surface area contributed by atoms with E-state index in [0.717, 1.165) is 23.6 Å². The lowest BCUT2D eigenvalue weighted by molar-refractivity contribution is -0.137. The van der Waals surface area contributed by atoms with Crippen LogP contribution in [-0.4, -0.2) is 38.3 Å². The number of alkyl halides is 3. The minimum atomic E-state index is -4.41. The van der Waals surface area contributed by atoms with Gasteiger partial charge in [0.1, 0.15) is 12.4 Å². The molecule has 0 saturated heterocycles. The molecule has 0 aliphatic rings. The monoisotopic (exact) mass is 382 g/mol. The molecule has 0 unspecified atom stereocenters.